The minimum Gasteiger partial charge on any atom is -0.493 e. The number of nitrogens with zero attached hydrogens (tertiary/aromatic N) is 2. The number of pyridine rings is 2. The molecule has 1 aliphatic rings. The normalized spacial score (nSPS) is 14.3. The Balaban J connectivity index is 1.91. The van der Waals surface area contributed by atoms with Crippen LogP contribution in [-0.2, 0) is 7.05 Å². The summed E-state index contributed by atoms with van der Waals surface area (Å²) < 4.78 is 19.3. The summed E-state index contributed by atoms with van der Waals surface area (Å²) >= 11 is 12.4. The number of aryl methyl sites for hydroxylation is 1. The van der Waals surface area contributed by atoms with Gasteiger partial charge in [0.2, 0.25) is 0 Å². The van der Waals surface area contributed by atoms with E-state index in [9.17, 15) is 4.79 Å². The number of fused-ring (bicyclic) bond motifs is 1. The zero-order valence-electron chi connectivity index (χ0n) is 16.1. The lowest BCUT2D eigenvalue weighted by Crippen LogP contribution is -2.19. The molecule has 0 atom stereocenters. The molecule has 1 saturated carbocycles. The quantitative estimate of drug-likeness (QED) is 0.540. The second kappa shape index (κ2) is 8.13. The van der Waals surface area contributed by atoms with E-state index in [2.05, 4.69) is 4.98 Å². The van der Waals surface area contributed by atoms with Gasteiger partial charge >= 0.3 is 0 Å². The molecule has 0 bridgehead atoms. The van der Waals surface area contributed by atoms with Crippen LogP contribution in [0.5, 0.6) is 23.0 Å². The summed E-state index contributed by atoms with van der Waals surface area (Å²) in [6.07, 6.45) is 7.18. The number of aromatic nitrogens is 2. The number of hydrogen-bond donors (Lipinski definition) is 0. The van der Waals surface area contributed by atoms with Crippen LogP contribution >= 0.6 is 23.2 Å². The van der Waals surface area contributed by atoms with Crippen molar-refractivity contribution in [3.8, 4) is 23.0 Å². The Labute approximate surface area is 177 Å². The molecule has 3 aromatic rings. The largest absolute Gasteiger partial charge is 0.493 e. The Kier molecular flexibility index (Phi) is 5.56. The molecule has 0 N–H and O–H groups in total. The number of benzene rings is 1. The average Bonchev–Trinajstić information content (AvgIpc) is 3.21. The van der Waals surface area contributed by atoms with E-state index in [0.29, 0.717) is 28.2 Å². The Hall–Kier alpha value is -2.44. The lowest BCUT2D eigenvalue weighted by atomic mass is 10.1. The maximum atomic E-state index is 12.7. The fourth-order valence-corrected chi connectivity index (χ4v) is 4.06. The molecule has 1 fully saturated rings. The molecule has 152 valence electrons. The van der Waals surface area contributed by atoms with Crippen LogP contribution < -0.4 is 19.8 Å². The van der Waals surface area contributed by atoms with Crippen LogP contribution in [0.1, 0.15) is 25.7 Å². The lowest BCUT2D eigenvalue weighted by Gasteiger charge is -2.20. The maximum absolute atomic E-state index is 12.7. The second-order valence-corrected chi connectivity index (χ2v) is 7.77. The number of ether oxygens (including phenoxy) is 3. The molecule has 29 heavy (non-hydrogen) atoms. The molecule has 0 radical (unpaired) electrons. The standard InChI is InChI=1S/C21H20Cl2N2O4/c1-25-18(26)9-17(29-20-14(22)10-24-11-15(20)23)13-7-8-16(27-2)21(19(13)25)28-12-5-3-4-6-12/h7-12H,3-6H2,1-2H3. The fourth-order valence-electron chi connectivity index (χ4n) is 3.62. The predicted molar refractivity (Wildman–Crippen MR) is 113 cm³/mol. The molecule has 1 aliphatic carbocycles. The first kappa shape index (κ1) is 19.9. The van der Waals surface area contributed by atoms with Crippen LogP contribution in [0.25, 0.3) is 10.9 Å². The van der Waals surface area contributed by atoms with Crippen LogP contribution in [0, 0.1) is 0 Å². The molecule has 0 aliphatic heterocycles. The van der Waals surface area contributed by atoms with Crippen LogP contribution in [0.3, 0.4) is 0 Å². The van der Waals surface area contributed by atoms with E-state index in [1.807, 2.05) is 6.07 Å². The summed E-state index contributed by atoms with van der Waals surface area (Å²) in [5.74, 6) is 1.68. The highest BCUT2D eigenvalue weighted by Crippen LogP contribution is 2.42. The molecule has 8 heteroatoms. The Morgan fingerprint density at radius 2 is 1.76 bits per heavy atom. The van der Waals surface area contributed by atoms with E-state index in [4.69, 9.17) is 37.4 Å². The van der Waals surface area contributed by atoms with Gasteiger partial charge in [-0.1, -0.05) is 23.2 Å². The minimum absolute atomic E-state index is 0.0956. The molecule has 0 spiro atoms. The Morgan fingerprint density at radius 3 is 2.41 bits per heavy atom. The smallest absolute Gasteiger partial charge is 0.254 e. The van der Waals surface area contributed by atoms with E-state index in [1.165, 1.54) is 23.0 Å². The SMILES string of the molecule is COc1ccc2c(Oc3c(Cl)cncc3Cl)cc(=O)n(C)c2c1OC1CCCC1. The highest BCUT2D eigenvalue weighted by Gasteiger charge is 2.23. The van der Waals surface area contributed by atoms with Crippen molar-refractivity contribution in [2.24, 2.45) is 7.05 Å². The van der Waals surface area contributed by atoms with Crippen LogP contribution in [0.4, 0.5) is 0 Å². The van der Waals surface area contributed by atoms with Crippen molar-refractivity contribution in [2.75, 3.05) is 7.11 Å². The van der Waals surface area contributed by atoms with Crippen molar-refractivity contribution < 1.29 is 14.2 Å². The van der Waals surface area contributed by atoms with E-state index in [1.54, 1.807) is 20.2 Å². The topological polar surface area (TPSA) is 62.6 Å². The van der Waals surface area contributed by atoms with Gasteiger partial charge in [0.1, 0.15) is 21.3 Å². The average molecular weight is 435 g/mol. The Bertz CT molecular complexity index is 1100. The molecule has 1 aromatic carbocycles. The summed E-state index contributed by atoms with van der Waals surface area (Å²) in [5.41, 5.74) is 0.346. The van der Waals surface area contributed by atoms with Gasteiger partial charge < -0.3 is 18.8 Å². The first-order valence-electron chi connectivity index (χ1n) is 9.34. The van der Waals surface area contributed by atoms with Gasteiger partial charge in [-0.2, -0.15) is 0 Å². The van der Waals surface area contributed by atoms with E-state index in [-0.39, 0.29) is 27.5 Å². The van der Waals surface area contributed by atoms with Gasteiger partial charge in [-0.25, -0.2) is 0 Å². The number of halogens is 2. The van der Waals surface area contributed by atoms with Gasteiger partial charge in [-0.05, 0) is 37.8 Å². The molecular formula is C21H20Cl2N2O4. The molecule has 0 saturated heterocycles. The van der Waals surface area contributed by atoms with Crippen molar-refractivity contribution in [1.29, 1.82) is 0 Å². The summed E-state index contributed by atoms with van der Waals surface area (Å²) in [4.78, 5) is 16.6. The molecule has 2 aromatic heterocycles. The number of hydrogen-bond acceptors (Lipinski definition) is 5. The number of rotatable bonds is 5. The molecule has 0 amide bonds. The van der Waals surface area contributed by atoms with E-state index < -0.39 is 0 Å². The summed E-state index contributed by atoms with van der Waals surface area (Å²) in [6.45, 7) is 0. The third kappa shape index (κ3) is 3.74. The van der Waals surface area contributed by atoms with E-state index >= 15 is 0 Å². The molecular weight excluding hydrogens is 415 g/mol. The summed E-state index contributed by atoms with van der Waals surface area (Å²) in [5, 5.41) is 1.19. The van der Waals surface area contributed by atoms with Gasteiger partial charge in [0.15, 0.2) is 17.2 Å². The highest BCUT2D eigenvalue weighted by molar-refractivity contribution is 6.37. The van der Waals surface area contributed by atoms with Crippen molar-refractivity contribution in [1.82, 2.24) is 9.55 Å². The van der Waals surface area contributed by atoms with Crippen LogP contribution in [0.15, 0.2) is 35.4 Å². The molecule has 0 unspecified atom stereocenters. The first-order valence-corrected chi connectivity index (χ1v) is 10.1. The van der Waals surface area contributed by atoms with Crippen molar-refractivity contribution in [3.05, 3.63) is 51.0 Å². The van der Waals surface area contributed by atoms with Crippen LogP contribution in [0.2, 0.25) is 10.0 Å². The zero-order chi connectivity index (χ0) is 20.5. The van der Waals surface area contributed by atoms with Crippen molar-refractivity contribution in [2.45, 2.75) is 31.8 Å². The summed E-state index contributed by atoms with van der Waals surface area (Å²) in [6, 6.07) is 5.04. The molecule has 4 rings (SSSR count). The van der Waals surface area contributed by atoms with E-state index in [0.717, 1.165) is 25.7 Å². The highest BCUT2D eigenvalue weighted by atomic mass is 35.5. The summed E-state index contributed by atoms with van der Waals surface area (Å²) in [7, 11) is 3.28. The van der Waals surface area contributed by atoms with Crippen LogP contribution in [-0.4, -0.2) is 22.8 Å². The van der Waals surface area contributed by atoms with Gasteiger partial charge in [0, 0.05) is 30.9 Å². The third-order valence-electron chi connectivity index (χ3n) is 5.11. The zero-order valence-corrected chi connectivity index (χ0v) is 17.6. The fraction of sp³-hybridized carbons (Fsp3) is 0.333. The Morgan fingerprint density at radius 1 is 1.07 bits per heavy atom. The van der Waals surface area contributed by atoms with Crippen molar-refractivity contribution >= 4 is 34.1 Å². The lowest BCUT2D eigenvalue weighted by molar-refractivity contribution is 0.203. The first-order chi connectivity index (χ1) is 14.0. The van der Waals surface area contributed by atoms with Gasteiger partial charge in [0.25, 0.3) is 5.56 Å². The third-order valence-corrected chi connectivity index (χ3v) is 5.65. The maximum Gasteiger partial charge on any atom is 0.254 e. The number of methoxy groups -OCH3 is 1. The minimum atomic E-state index is -0.252. The van der Waals surface area contributed by atoms with Gasteiger partial charge in [0.05, 0.1) is 13.2 Å². The van der Waals surface area contributed by atoms with Gasteiger partial charge in [-0.3, -0.25) is 9.78 Å². The molecule has 6 nitrogen and oxygen atoms in total. The second-order valence-electron chi connectivity index (χ2n) is 6.96. The van der Waals surface area contributed by atoms with Crippen molar-refractivity contribution in [3.63, 3.8) is 0 Å². The predicted octanol–water partition coefficient (Wildman–Crippen LogP) is 5.36. The van der Waals surface area contributed by atoms with Gasteiger partial charge in [-0.15, -0.1) is 0 Å². The monoisotopic (exact) mass is 434 g/mol. The molecule has 2 heterocycles.